The summed E-state index contributed by atoms with van der Waals surface area (Å²) in [6.45, 7) is 7.32. The molecule has 1 fully saturated rings. The van der Waals surface area contributed by atoms with Gasteiger partial charge in [0.25, 0.3) is 0 Å². The molecule has 0 aromatic heterocycles. The molecule has 0 heterocycles. The third-order valence-electron chi connectivity index (χ3n) is 4.67. The van der Waals surface area contributed by atoms with Crippen LogP contribution in [0.3, 0.4) is 0 Å². The first kappa shape index (κ1) is 14.0. The van der Waals surface area contributed by atoms with Gasteiger partial charge in [0.15, 0.2) is 0 Å². The van der Waals surface area contributed by atoms with Crippen molar-refractivity contribution in [2.75, 3.05) is 6.61 Å². The number of hydrogen-bond donors (Lipinski definition) is 0. The van der Waals surface area contributed by atoms with Gasteiger partial charge in [0.1, 0.15) is 0 Å². The fraction of sp³-hybridized carbons (Fsp3) is 1.00. The summed E-state index contributed by atoms with van der Waals surface area (Å²) >= 11 is 0. The Bertz CT molecular complexity index is 188. The summed E-state index contributed by atoms with van der Waals surface area (Å²) in [5.74, 6) is 1.72. The largest absolute Gasteiger partial charge is 0.237 e. The summed E-state index contributed by atoms with van der Waals surface area (Å²) in [5, 5.41) is 10.4. The lowest BCUT2D eigenvalue weighted by molar-refractivity contribution is 0.0715. The highest BCUT2D eigenvalue weighted by molar-refractivity contribution is 4.87. The van der Waals surface area contributed by atoms with Crippen LogP contribution >= 0.6 is 0 Å². The van der Waals surface area contributed by atoms with E-state index in [-0.39, 0.29) is 6.61 Å². The minimum Gasteiger partial charge on any atom is -0.237 e. The van der Waals surface area contributed by atoms with Crippen LogP contribution in [0.5, 0.6) is 0 Å². The van der Waals surface area contributed by atoms with Crippen LogP contribution in [0.1, 0.15) is 72.1 Å². The van der Waals surface area contributed by atoms with Crippen molar-refractivity contribution in [2.45, 2.75) is 72.1 Å². The molecule has 1 saturated carbocycles. The Morgan fingerprint density at radius 1 is 1.25 bits per heavy atom. The van der Waals surface area contributed by atoms with Crippen molar-refractivity contribution < 1.29 is 5.11 Å². The quantitative estimate of drug-likeness (QED) is 0.577. The van der Waals surface area contributed by atoms with E-state index in [9.17, 15) is 5.11 Å². The second-order valence-corrected chi connectivity index (χ2v) is 6.23. The highest BCUT2D eigenvalue weighted by atomic mass is 16.2. The summed E-state index contributed by atoms with van der Waals surface area (Å²) in [4.78, 5) is 0. The average Bonchev–Trinajstić information content (AvgIpc) is 2.24. The predicted molar refractivity (Wildman–Crippen MR) is 68.9 cm³/mol. The molecule has 1 rings (SSSR count). The third-order valence-corrected chi connectivity index (χ3v) is 4.67. The molecular weight excluding hydrogens is 196 g/mol. The monoisotopic (exact) mass is 225 g/mol. The van der Waals surface area contributed by atoms with Crippen molar-refractivity contribution in [1.29, 1.82) is 0 Å². The Hall–Kier alpha value is -0.0400. The molecule has 1 radical (unpaired) electrons. The molecule has 1 aliphatic rings. The first-order valence-electron chi connectivity index (χ1n) is 7.19. The van der Waals surface area contributed by atoms with Gasteiger partial charge in [-0.05, 0) is 42.9 Å². The van der Waals surface area contributed by atoms with Crippen molar-refractivity contribution in [3.05, 3.63) is 0 Å². The van der Waals surface area contributed by atoms with Crippen molar-refractivity contribution in [3.63, 3.8) is 0 Å². The molecule has 0 bridgehead atoms. The van der Waals surface area contributed by atoms with Gasteiger partial charge in [-0.15, -0.1) is 0 Å². The normalized spacial score (nSPS) is 30.9. The number of hydrogen-bond acceptors (Lipinski definition) is 0. The van der Waals surface area contributed by atoms with Crippen molar-refractivity contribution >= 4 is 0 Å². The zero-order valence-electron chi connectivity index (χ0n) is 11.4. The van der Waals surface area contributed by atoms with E-state index in [2.05, 4.69) is 20.8 Å². The zero-order chi connectivity index (χ0) is 12.0. The van der Waals surface area contributed by atoms with E-state index in [1.54, 1.807) is 0 Å². The molecule has 0 spiro atoms. The fourth-order valence-electron chi connectivity index (χ4n) is 3.50. The second-order valence-electron chi connectivity index (χ2n) is 6.23. The van der Waals surface area contributed by atoms with Crippen LogP contribution in [0.2, 0.25) is 0 Å². The minimum atomic E-state index is 0.116. The van der Waals surface area contributed by atoms with Gasteiger partial charge >= 0.3 is 0 Å². The topological polar surface area (TPSA) is 19.9 Å². The van der Waals surface area contributed by atoms with E-state index in [4.69, 9.17) is 0 Å². The van der Waals surface area contributed by atoms with Crippen LogP contribution in [0.25, 0.3) is 0 Å². The molecule has 0 aromatic rings. The first-order chi connectivity index (χ1) is 7.60. The molecule has 0 N–H and O–H groups in total. The van der Waals surface area contributed by atoms with Crippen molar-refractivity contribution in [3.8, 4) is 0 Å². The van der Waals surface area contributed by atoms with E-state index < -0.39 is 0 Å². The lowest BCUT2D eigenvalue weighted by Crippen LogP contribution is -2.33. The van der Waals surface area contributed by atoms with E-state index in [0.29, 0.717) is 5.41 Å². The van der Waals surface area contributed by atoms with Gasteiger partial charge in [-0.3, -0.25) is 0 Å². The van der Waals surface area contributed by atoms with Gasteiger partial charge in [-0.2, -0.15) is 0 Å². The molecule has 95 valence electrons. The SMILES string of the molecule is CC1CCCC(CCCCC[O])(C(C)C)C1. The van der Waals surface area contributed by atoms with E-state index in [1.807, 2.05) is 0 Å². The van der Waals surface area contributed by atoms with E-state index >= 15 is 0 Å². The Morgan fingerprint density at radius 2 is 2.00 bits per heavy atom. The predicted octanol–water partition coefficient (Wildman–Crippen LogP) is 4.83. The molecule has 1 nitrogen and oxygen atoms in total. The standard InChI is InChI=1S/C15H29O/c1-13(2)15(9-5-4-6-11-16)10-7-8-14(3)12-15/h13-14H,4-12H2,1-3H3. The van der Waals surface area contributed by atoms with Gasteiger partial charge in [0.05, 0.1) is 6.61 Å². The molecule has 0 saturated heterocycles. The zero-order valence-corrected chi connectivity index (χ0v) is 11.4. The van der Waals surface area contributed by atoms with Gasteiger partial charge in [-0.1, -0.05) is 46.5 Å². The molecule has 0 aromatic carbocycles. The molecule has 1 aliphatic carbocycles. The van der Waals surface area contributed by atoms with E-state index in [1.165, 1.54) is 38.5 Å². The average molecular weight is 225 g/mol. The van der Waals surface area contributed by atoms with Crippen LogP contribution in [0.15, 0.2) is 0 Å². The molecule has 2 unspecified atom stereocenters. The second kappa shape index (κ2) is 6.64. The van der Waals surface area contributed by atoms with Crippen LogP contribution in [-0.4, -0.2) is 6.61 Å². The third kappa shape index (κ3) is 3.76. The van der Waals surface area contributed by atoms with E-state index in [0.717, 1.165) is 24.7 Å². The maximum Gasteiger partial charge on any atom is 0.0822 e. The highest BCUT2D eigenvalue weighted by Crippen LogP contribution is 2.48. The summed E-state index contributed by atoms with van der Waals surface area (Å²) in [5.41, 5.74) is 0.598. The van der Waals surface area contributed by atoms with Crippen molar-refractivity contribution in [1.82, 2.24) is 0 Å². The van der Waals surface area contributed by atoms with Crippen LogP contribution in [0, 0.1) is 17.3 Å². The van der Waals surface area contributed by atoms with Gasteiger partial charge in [-0.25, -0.2) is 5.11 Å². The fourth-order valence-corrected chi connectivity index (χ4v) is 3.50. The maximum absolute atomic E-state index is 10.4. The summed E-state index contributed by atoms with van der Waals surface area (Å²) in [7, 11) is 0. The smallest absolute Gasteiger partial charge is 0.0822 e. The molecule has 0 amide bonds. The lowest BCUT2D eigenvalue weighted by atomic mass is 9.62. The number of rotatable bonds is 6. The summed E-state index contributed by atoms with van der Waals surface area (Å²) in [6.07, 6.45) is 10.3. The van der Waals surface area contributed by atoms with Crippen LogP contribution < -0.4 is 0 Å². The molecule has 2 atom stereocenters. The Balaban J connectivity index is 2.45. The van der Waals surface area contributed by atoms with Crippen LogP contribution in [0.4, 0.5) is 0 Å². The molecule has 1 heteroatoms. The minimum absolute atomic E-state index is 0.116. The molecule has 16 heavy (non-hydrogen) atoms. The molecule has 0 aliphatic heterocycles. The summed E-state index contributed by atoms with van der Waals surface area (Å²) < 4.78 is 0. The highest BCUT2D eigenvalue weighted by Gasteiger charge is 2.36. The van der Waals surface area contributed by atoms with Gasteiger partial charge in [0.2, 0.25) is 0 Å². The van der Waals surface area contributed by atoms with Crippen molar-refractivity contribution in [2.24, 2.45) is 17.3 Å². The Kier molecular flexibility index (Phi) is 5.82. The molecular formula is C15H29O. The Morgan fingerprint density at radius 3 is 2.56 bits per heavy atom. The number of unbranched alkanes of at least 4 members (excludes halogenated alkanes) is 2. The lowest BCUT2D eigenvalue weighted by Gasteiger charge is -2.44. The van der Waals surface area contributed by atoms with Gasteiger partial charge in [0, 0.05) is 0 Å². The maximum atomic E-state index is 10.4. The van der Waals surface area contributed by atoms with Crippen LogP contribution in [-0.2, 0) is 5.11 Å². The first-order valence-corrected chi connectivity index (χ1v) is 7.19. The Labute approximate surface area is 102 Å². The summed E-state index contributed by atoms with van der Waals surface area (Å²) in [6, 6.07) is 0. The van der Waals surface area contributed by atoms with Gasteiger partial charge < -0.3 is 0 Å².